The zero-order chi connectivity index (χ0) is 11.5. The highest BCUT2D eigenvalue weighted by Gasteiger charge is 2.23. The maximum Gasteiger partial charge on any atom is 0.134 e. The minimum absolute atomic E-state index is 0.538. The number of rotatable bonds is 2. The summed E-state index contributed by atoms with van der Waals surface area (Å²) in [6, 6.07) is 2.41. The third kappa shape index (κ3) is 2.24. The van der Waals surface area contributed by atoms with E-state index in [1.165, 1.54) is 6.33 Å². The van der Waals surface area contributed by atoms with Gasteiger partial charge in [-0.25, -0.2) is 9.97 Å². The molecule has 1 aromatic heterocycles. The molecule has 1 aliphatic heterocycles. The van der Waals surface area contributed by atoms with E-state index in [0.29, 0.717) is 11.9 Å². The van der Waals surface area contributed by atoms with Crippen LogP contribution in [0.2, 0.25) is 0 Å². The van der Waals surface area contributed by atoms with Gasteiger partial charge in [0, 0.05) is 31.7 Å². The lowest BCUT2D eigenvalue weighted by atomic mass is 10.2. The lowest BCUT2D eigenvalue weighted by Crippen LogP contribution is -2.52. The molecule has 1 fully saturated rings. The van der Waals surface area contributed by atoms with Gasteiger partial charge in [0.2, 0.25) is 0 Å². The number of anilines is 2. The third-order valence-corrected chi connectivity index (χ3v) is 3.17. The molecular formula is C11H19N5. The molecule has 2 rings (SSSR count). The van der Waals surface area contributed by atoms with Crippen molar-refractivity contribution in [2.75, 3.05) is 36.8 Å². The third-order valence-electron chi connectivity index (χ3n) is 3.17. The van der Waals surface area contributed by atoms with E-state index >= 15 is 0 Å². The molecule has 5 heteroatoms. The number of nitrogen functional groups attached to an aromatic ring is 1. The Morgan fingerprint density at radius 3 is 2.88 bits per heavy atom. The molecule has 1 aliphatic rings. The van der Waals surface area contributed by atoms with E-state index in [-0.39, 0.29) is 0 Å². The van der Waals surface area contributed by atoms with Crippen LogP contribution in [0.5, 0.6) is 0 Å². The molecule has 88 valence electrons. The van der Waals surface area contributed by atoms with Crippen molar-refractivity contribution >= 4 is 11.6 Å². The van der Waals surface area contributed by atoms with E-state index < -0.39 is 0 Å². The summed E-state index contributed by atoms with van der Waals surface area (Å²) >= 11 is 0. The minimum atomic E-state index is 0.538. The first-order valence-corrected chi connectivity index (χ1v) is 5.77. The van der Waals surface area contributed by atoms with E-state index in [2.05, 4.69) is 33.6 Å². The van der Waals surface area contributed by atoms with Gasteiger partial charge in [-0.05, 0) is 13.5 Å². The molecule has 0 aromatic carbocycles. The second kappa shape index (κ2) is 4.65. The Morgan fingerprint density at radius 1 is 1.44 bits per heavy atom. The summed E-state index contributed by atoms with van der Waals surface area (Å²) in [6.45, 7) is 8.66. The van der Waals surface area contributed by atoms with Crippen molar-refractivity contribution in [3.63, 3.8) is 0 Å². The second-order valence-corrected chi connectivity index (χ2v) is 4.22. The number of hydrogen-bond donors (Lipinski definition) is 1. The molecule has 1 unspecified atom stereocenters. The molecule has 16 heavy (non-hydrogen) atoms. The van der Waals surface area contributed by atoms with Crippen molar-refractivity contribution in [3.8, 4) is 0 Å². The molecule has 0 aliphatic carbocycles. The fourth-order valence-electron chi connectivity index (χ4n) is 2.21. The molecule has 2 N–H and O–H groups in total. The maximum atomic E-state index is 5.67. The average Bonchev–Trinajstić information content (AvgIpc) is 2.29. The molecular weight excluding hydrogens is 202 g/mol. The quantitative estimate of drug-likeness (QED) is 0.792. The normalized spacial score (nSPS) is 22.4. The molecule has 0 spiro atoms. The van der Waals surface area contributed by atoms with E-state index in [1.54, 1.807) is 0 Å². The molecule has 1 aromatic rings. The summed E-state index contributed by atoms with van der Waals surface area (Å²) < 4.78 is 0. The summed E-state index contributed by atoms with van der Waals surface area (Å²) in [5.74, 6) is 1.48. The van der Waals surface area contributed by atoms with Crippen molar-refractivity contribution in [1.82, 2.24) is 14.9 Å². The molecule has 5 nitrogen and oxygen atoms in total. The van der Waals surface area contributed by atoms with Crippen molar-refractivity contribution in [2.45, 2.75) is 19.9 Å². The van der Waals surface area contributed by atoms with E-state index in [0.717, 1.165) is 32.0 Å². The highest BCUT2D eigenvalue weighted by molar-refractivity contribution is 5.46. The van der Waals surface area contributed by atoms with Crippen molar-refractivity contribution in [1.29, 1.82) is 0 Å². The van der Waals surface area contributed by atoms with E-state index in [1.807, 2.05) is 6.07 Å². The molecule has 0 amide bonds. The van der Waals surface area contributed by atoms with Crippen LogP contribution in [0.4, 0.5) is 11.6 Å². The second-order valence-electron chi connectivity index (χ2n) is 4.22. The number of nitrogens with two attached hydrogens (primary N) is 1. The lowest BCUT2D eigenvalue weighted by molar-refractivity contribution is 0.199. The van der Waals surface area contributed by atoms with Crippen molar-refractivity contribution < 1.29 is 0 Å². The van der Waals surface area contributed by atoms with Gasteiger partial charge < -0.3 is 10.6 Å². The Morgan fingerprint density at radius 2 is 2.25 bits per heavy atom. The smallest absolute Gasteiger partial charge is 0.134 e. The molecule has 0 bridgehead atoms. The zero-order valence-corrected chi connectivity index (χ0v) is 9.93. The van der Waals surface area contributed by atoms with Gasteiger partial charge in [-0.1, -0.05) is 6.92 Å². The lowest BCUT2D eigenvalue weighted by Gasteiger charge is -2.39. The van der Waals surface area contributed by atoms with E-state index in [9.17, 15) is 0 Å². The first-order valence-electron chi connectivity index (χ1n) is 5.77. The fourth-order valence-corrected chi connectivity index (χ4v) is 2.21. The summed E-state index contributed by atoms with van der Waals surface area (Å²) in [4.78, 5) is 12.9. The number of nitrogens with zero attached hydrogens (tertiary/aromatic N) is 4. The van der Waals surface area contributed by atoms with Crippen LogP contribution in [0.25, 0.3) is 0 Å². The van der Waals surface area contributed by atoms with Gasteiger partial charge in [0.15, 0.2) is 0 Å². The van der Waals surface area contributed by atoms with Gasteiger partial charge in [0.05, 0.1) is 0 Å². The Hall–Kier alpha value is -1.36. The Bertz CT molecular complexity index is 354. The highest BCUT2D eigenvalue weighted by Crippen LogP contribution is 2.17. The van der Waals surface area contributed by atoms with Gasteiger partial charge in [-0.3, -0.25) is 4.90 Å². The van der Waals surface area contributed by atoms with Crippen LogP contribution in [-0.4, -0.2) is 47.1 Å². The van der Waals surface area contributed by atoms with Crippen LogP contribution >= 0.6 is 0 Å². The summed E-state index contributed by atoms with van der Waals surface area (Å²) in [5, 5.41) is 0. The van der Waals surface area contributed by atoms with Crippen LogP contribution in [0, 0.1) is 0 Å². The zero-order valence-electron chi connectivity index (χ0n) is 9.93. The molecule has 1 saturated heterocycles. The van der Waals surface area contributed by atoms with Crippen LogP contribution in [0.3, 0.4) is 0 Å². The molecule has 1 atom stereocenters. The Balaban J connectivity index is 2.07. The summed E-state index contributed by atoms with van der Waals surface area (Å²) in [7, 11) is 0. The first-order chi connectivity index (χ1) is 7.70. The predicted molar refractivity (Wildman–Crippen MR) is 65.4 cm³/mol. The minimum Gasteiger partial charge on any atom is -0.384 e. The van der Waals surface area contributed by atoms with E-state index in [4.69, 9.17) is 5.73 Å². The number of piperazine rings is 1. The summed E-state index contributed by atoms with van der Waals surface area (Å²) in [5.41, 5.74) is 5.67. The molecule has 0 radical (unpaired) electrons. The van der Waals surface area contributed by atoms with Crippen molar-refractivity contribution in [3.05, 3.63) is 12.4 Å². The van der Waals surface area contributed by atoms with Crippen LogP contribution in [0.15, 0.2) is 12.4 Å². The van der Waals surface area contributed by atoms with Crippen LogP contribution in [0.1, 0.15) is 13.8 Å². The highest BCUT2D eigenvalue weighted by atomic mass is 15.3. The first kappa shape index (κ1) is 11.1. The Labute approximate surface area is 96.3 Å². The number of aromatic nitrogens is 2. The maximum absolute atomic E-state index is 5.67. The van der Waals surface area contributed by atoms with Crippen LogP contribution in [-0.2, 0) is 0 Å². The number of hydrogen-bond acceptors (Lipinski definition) is 5. The van der Waals surface area contributed by atoms with Gasteiger partial charge in [0.1, 0.15) is 18.0 Å². The molecule has 2 heterocycles. The predicted octanol–water partition coefficient (Wildman–Crippen LogP) is 0.589. The molecule has 0 saturated carbocycles. The average molecular weight is 221 g/mol. The number of likely N-dealkylation sites (N-methyl/N-ethyl adjacent to an activating group) is 1. The van der Waals surface area contributed by atoms with Gasteiger partial charge in [-0.2, -0.15) is 0 Å². The summed E-state index contributed by atoms with van der Waals surface area (Å²) in [6.07, 6.45) is 1.53. The standard InChI is InChI=1S/C11H19N5/c1-3-15-4-5-16(7-9(15)2)11-6-10(12)13-8-14-11/h6,8-9H,3-5,7H2,1-2H3,(H2,12,13,14). The van der Waals surface area contributed by atoms with Crippen LogP contribution < -0.4 is 10.6 Å². The van der Waals surface area contributed by atoms with Gasteiger partial charge >= 0.3 is 0 Å². The monoisotopic (exact) mass is 221 g/mol. The topological polar surface area (TPSA) is 58.3 Å². The largest absolute Gasteiger partial charge is 0.384 e. The SMILES string of the molecule is CCN1CCN(c2cc(N)ncn2)CC1C. The fraction of sp³-hybridized carbons (Fsp3) is 0.636. The van der Waals surface area contributed by atoms with Gasteiger partial charge in [-0.15, -0.1) is 0 Å². The Kier molecular flexibility index (Phi) is 3.24. The van der Waals surface area contributed by atoms with Gasteiger partial charge in [0.25, 0.3) is 0 Å². The van der Waals surface area contributed by atoms with Crippen molar-refractivity contribution in [2.24, 2.45) is 0 Å².